The zero-order chi connectivity index (χ0) is 17.3. The Morgan fingerprint density at radius 3 is 2.71 bits per heavy atom. The fourth-order valence-corrected chi connectivity index (χ4v) is 2.56. The van der Waals surface area contributed by atoms with Crippen molar-refractivity contribution in [2.75, 3.05) is 0 Å². The van der Waals surface area contributed by atoms with Crippen LogP contribution in [0.3, 0.4) is 0 Å². The summed E-state index contributed by atoms with van der Waals surface area (Å²) in [5.41, 5.74) is 1.31. The van der Waals surface area contributed by atoms with Crippen LogP contribution in [0.5, 0.6) is 0 Å². The molecule has 0 aliphatic rings. The minimum Gasteiger partial charge on any atom is -0.478 e. The number of pyridine rings is 1. The number of nitrogens with zero attached hydrogens (tertiary/aromatic N) is 5. The maximum Gasteiger partial charge on any atom is 0.340 e. The van der Waals surface area contributed by atoms with Crippen LogP contribution in [0, 0.1) is 22.7 Å². The van der Waals surface area contributed by atoms with Gasteiger partial charge in [-0.1, -0.05) is 11.6 Å². The highest BCUT2D eigenvalue weighted by molar-refractivity contribution is 6.31. The van der Waals surface area contributed by atoms with E-state index in [9.17, 15) is 10.1 Å². The van der Waals surface area contributed by atoms with Gasteiger partial charge in [0.2, 0.25) is 0 Å². The second-order valence-electron chi connectivity index (χ2n) is 4.99. The molecule has 7 nitrogen and oxygen atoms in total. The molecule has 2 aromatic heterocycles. The van der Waals surface area contributed by atoms with E-state index < -0.39 is 5.97 Å². The third-order valence-corrected chi connectivity index (χ3v) is 3.58. The molecule has 3 aromatic rings. The summed E-state index contributed by atoms with van der Waals surface area (Å²) >= 11 is 5.94. The monoisotopic (exact) mass is 337 g/mol. The minimum absolute atomic E-state index is 0.159. The Hall–Kier alpha value is -3.42. The van der Waals surface area contributed by atoms with E-state index >= 15 is 0 Å². The van der Waals surface area contributed by atoms with Crippen molar-refractivity contribution in [1.29, 1.82) is 10.5 Å². The van der Waals surface area contributed by atoms with Crippen LogP contribution < -0.4 is 0 Å². The van der Waals surface area contributed by atoms with E-state index in [4.69, 9.17) is 22.0 Å². The first-order valence-corrected chi connectivity index (χ1v) is 7.08. The molecule has 24 heavy (non-hydrogen) atoms. The van der Waals surface area contributed by atoms with Crippen molar-refractivity contribution < 1.29 is 9.90 Å². The third-order valence-electron chi connectivity index (χ3n) is 3.37. The number of fused-ring (bicyclic) bond motifs is 1. The van der Waals surface area contributed by atoms with E-state index in [1.165, 1.54) is 17.1 Å². The van der Waals surface area contributed by atoms with Gasteiger partial charge in [0.05, 0.1) is 22.6 Å². The lowest BCUT2D eigenvalue weighted by atomic mass is 10.1. The topological polar surface area (TPSA) is 116 Å². The maximum atomic E-state index is 11.1. The van der Waals surface area contributed by atoms with Gasteiger partial charge < -0.3 is 5.11 Å². The Morgan fingerprint density at radius 1 is 1.29 bits per heavy atom. The summed E-state index contributed by atoms with van der Waals surface area (Å²) in [6.07, 6.45) is 2.75. The predicted molar refractivity (Wildman–Crippen MR) is 84.5 cm³/mol. The quantitative estimate of drug-likeness (QED) is 0.785. The molecule has 0 bridgehead atoms. The van der Waals surface area contributed by atoms with E-state index in [0.29, 0.717) is 27.1 Å². The molecule has 0 unspecified atom stereocenters. The number of hydrogen-bond donors (Lipinski definition) is 1. The van der Waals surface area contributed by atoms with Crippen LogP contribution in [-0.2, 0) is 6.54 Å². The Labute approximate surface area is 141 Å². The van der Waals surface area contributed by atoms with Crippen LogP contribution in [0.1, 0.15) is 27.2 Å². The van der Waals surface area contributed by atoms with Crippen LogP contribution in [0.4, 0.5) is 0 Å². The van der Waals surface area contributed by atoms with Crippen molar-refractivity contribution in [3.63, 3.8) is 0 Å². The Kier molecular flexibility index (Phi) is 3.87. The summed E-state index contributed by atoms with van der Waals surface area (Å²) in [7, 11) is 0. The van der Waals surface area contributed by atoms with Crippen molar-refractivity contribution in [3.05, 3.63) is 58.0 Å². The minimum atomic E-state index is -1.22. The third kappa shape index (κ3) is 2.76. The molecule has 0 spiro atoms. The van der Waals surface area contributed by atoms with E-state index in [2.05, 4.69) is 16.2 Å². The van der Waals surface area contributed by atoms with Crippen LogP contribution in [0.2, 0.25) is 5.02 Å². The molecule has 0 fully saturated rings. The first-order valence-electron chi connectivity index (χ1n) is 6.71. The molecular weight excluding hydrogens is 330 g/mol. The highest BCUT2D eigenvalue weighted by Crippen LogP contribution is 2.22. The van der Waals surface area contributed by atoms with Crippen molar-refractivity contribution in [2.45, 2.75) is 6.54 Å². The summed E-state index contributed by atoms with van der Waals surface area (Å²) in [4.78, 5) is 15.2. The summed E-state index contributed by atoms with van der Waals surface area (Å²) < 4.78 is 1.35. The fraction of sp³-hybridized carbons (Fsp3) is 0.0625. The van der Waals surface area contributed by atoms with E-state index in [1.54, 1.807) is 24.3 Å². The van der Waals surface area contributed by atoms with E-state index in [1.807, 2.05) is 0 Å². The van der Waals surface area contributed by atoms with Crippen molar-refractivity contribution in [1.82, 2.24) is 14.8 Å². The highest BCUT2D eigenvalue weighted by Gasteiger charge is 2.15. The molecule has 3 rings (SSSR count). The van der Waals surface area contributed by atoms with Crippen LogP contribution in [0.15, 0.2) is 30.6 Å². The number of aromatic nitrogens is 3. The lowest BCUT2D eigenvalue weighted by Gasteiger charge is -2.06. The molecule has 0 amide bonds. The molecule has 2 heterocycles. The van der Waals surface area contributed by atoms with Gasteiger partial charge in [-0.2, -0.15) is 15.6 Å². The zero-order valence-electron chi connectivity index (χ0n) is 12.1. The van der Waals surface area contributed by atoms with Gasteiger partial charge in [-0.3, -0.25) is 9.67 Å². The van der Waals surface area contributed by atoms with E-state index in [0.717, 1.165) is 0 Å². The van der Waals surface area contributed by atoms with Gasteiger partial charge in [-0.25, -0.2) is 4.79 Å². The molecule has 0 aliphatic carbocycles. The second kappa shape index (κ2) is 5.99. The summed E-state index contributed by atoms with van der Waals surface area (Å²) in [5, 5.41) is 32.4. The normalized spacial score (nSPS) is 10.3. The first-order chi connectivity index (χ1) is 11.5. The molecular formula is C16H8ClN5O2. The molecule has 1 N–H and O–H groups in total. The number of carboxylic acid groups (broad SMARTS) is 1. The molecule has 0 saturated heterocycles. The number of carboxylic acids is 1. The molecule has 0 aliphatic heterocycles. The predicted octanol–water partition coefficient (Wildman–Crippen LogP) is 2.57. The maximum absolute atomic E-state index is 11.1. The summed E-state index contributed by atoms with van der Waals surface area (Å²) in [6.45, 7) is 0.207. The average Bonchev–Trinajstić information content (AvgIpc) is 2.96. The molecule has 116 valence electrons. The standard InChI is InChI=1S/C16H8ClN5O2/c17-12-3-10-1-9(2-11(4-18)15(10)20-6-12)7-22-8-13(16(23)24)14(5-19)21-22/h1-3,6,8H,7H2,(H,23,24). The van der Waals surface area contributed by atoms with Gasteiger partial charge in [0.1, 0.15) is 17.7 Å². The van der Waals surface area contributed by atoms with Crippen molar-refractivity contribution in [2.24, 2.45) is 0 Å². The first kappa shape index (κ1) is 15.5. The SMILES string of the molecule is N#Cc1nn(Cc2cc(C#N)c3ncc(Cl)cc3c2)cc1C(=O)O. The summed E-state index contributed by atoms with van der Waals surface area (Å²) in [5.74, 6) is -1.22. The van der Waals surface area contributed by atoms with E-state index in [-0.39, 0.29) is 17.8 Å². The number of halogens is 1. The number of rotatable bonds is 3. The number of nitriles is 2. The Balaban J connectivity index is 2.06. The molecule has 1 aromatic carbocycles. The van der Waals surface area contributed by atoms with Crippen LogP contribution in [0.25, 0.3) is 10.9 Å². The number of carbonyl (C=O) groups is 1. The Bertz CT molecular complexity index is 1060. The second-order valence-corrected chi connectivity index (χ2v) is 5.42. The lowest BCUT2D eigenvalue weighted by Crippen LogP contribution is -2.01. The molecule has 0 radical (unpaired) electrons. The van der Waals surface area contributed by atoms with Crippen LogP contribution in [-0.4, -0.2) is 25.8 Å². The largest absolute Gasteiger partial charge is 0.478 e. The van der Waals surface area contributed by atoms with Crippen LogP contribution >= 0.6 is 11.6 Å². The van der Waals surface area contributed by atoms with Gasteiger partial charge in [0.15, 0.2) is 5.69 Å². The van der Waals surface area contributed by atoms with Gasteiger partial charge in [0, 0.05) is 17.8 Å². The van der Waals surface area contributed by atoms with Gasteiger partial charge >= 0.3 is 5.97 Å². The molecule has 0 atom stereocenters. The summed E-state index contributed by atoms with van der Waals surface area (Å²) in [6, 6.07) is 8.97. The lowest BCUT2D eigenvalue weighted by molar-refractivity contribution is 0.0696. The molecule has 0 saturated carbocycles. The molecule has 8 heteroatoms. The number of benzene rings is 1. The highest BCUT2D eigenvalue weighted by atomic mass is 35.5. The average molecular weight is 338 g/mol. The smallest absolute Gasteiger partial charge is 0.340 e. The Morgan fingerprint density at radius 2 is 2.08 bits per heavy atom. The zero-order valence-corrected chi connectivity index (χ0v) is 12.8. The van der Waals surface area contributed by atoms with Gasteiger partial charge in [-0.05, 0) is 23.8 Å². The number of aromatic carboxylic acids is 1. The fourth-order valence-electron chi connectivity index (χ4n) is 2.39. The van der Waals surface area contributed by atoms with Gasteiger partial charge in [0.25, 0.3) is 0 Å². The van der Waals surface area contributed by atoms with Crippen molar-refractivity contribution in [3.8, 4) is 12.1 Å². The number of hydrogen-bond acceptors (Lipinski definition) is 5. The van der Waals surface area contributed by atoms with Crippen molar-refractivity contribution >= 4 is 28.5 Å². The van der Waals surface area contributed by atoms with Gasteiger partial charge in [-0.15, -0.1) is 0 Å².